The van der Waals surface area contributed by atoms with Gasteiger partial charge in [0, 0.05) is 24.1 Å². The van der Waals surface area contributed by atoms with Crippen molar-refractivity contribution in [3.8, 4) is 0 Å². The molecule has 1 saturated carbocycles. The van der Waals surface area contributed by atoms with E-state index in [9.17, 15) is 4.79 Å². The predicted molar refractivity (Wildman–Crippen MR) is 56.8 cm³/mol. The summed E-state index contributed by atoms with van der Waals surface area (Å²) in [4.78, 5) is 19.3. The van der Waals surface area contributed by atoms with Crippen LogP contribution in [0.25, 0.3) is 0 Å². The molecule has 2 aliphatic rings. The number of nitrogens with zero attached hydrogens (tertiary/aromatic N) is 1. The average Bonchev–Trinajstić information content (AvgIpc) is 3.02. The van der Waals surface area contributed by atoms with Crippen LogP contribution in [0.5, 0.6) is 0 Å². The fraction of sp³-hybridized carbons (Fsp3) is 0.636. The molecule has 80 valence electrons. The third-order valence-corrected chi connectivity index (χ3v) is 3.21. The van der Waals surface area contributed by atoms with E-state index in [-0.39, 0.29) is 5.56 Å². The van der Waals surface area contributed by atoms with Crippen molar-refractivity contribution in [1.29, 1.82) is 0 Å². The molecule has 4 nitrogen and oxygen atoms in total. The summed E-state index contributed by atoms with van der Waals surface area (Å²) in [6, 6.07) is 0.382. The fourth-order valence-electron chi connectivity index (χ4n) is 2.12. The molecule has 4 heteroatoms. The minimum atomic E-state index is 0.0789. The molecule has 1 aromatic rings. The van der Waals surface area contributed by atoms with Gasteiger partial charge in [0.15, 0.2) is 0 Å². The summed E-state index contributed by atoms with van der Waals surface area (Å²) in [6.07, 6.45) is 3.14. The van der Waals surface area contributed by atoms with Gasteiger partial charge in [0.2, 0.25) is 0 Å². The van der Waals surface area contributed by atoms with Gasteiger partial charge < -0.3 is 10.3 Å². The maximum atomic E-state index is 11.8. The second-order valence-electron chi connectivity index (χ2n) is 4.64. The predicted octanol–water partition coefficient (Wildman–Crippen LogP) is 0.681. The maximum Gasteiger partial charge on any atom is 0.254 e. The molecule has 1 aliphatic heterocycles. The molecule has 1 aromatic heterocycles. The number of hydrogen-bond acceptors (Lipinski definition) is 3. The molecule has 15 heavy (non-hydrogen) atoms. The van der Waals surface area contributed by atoms with E-state index < -0.39 is 0 Å². The first-order valence-electron chi connectivity index (χ1n) is 5.59. The first-order chi connectivity index (χ1) is 7.24. The van der Waals surface area contributed by atoms with Crippen LogP contribution in [0.4, 0.5) is 0 Å². The van der Waals surface area contributed by atoms with Crippen LogP contribution in [-0.4, -0.2) is 16.0 Å². The molecule has 0 saturated heterocycles. The van der Waals surface area contributed by atoms with E-state index in [2.05, 4.69) is 22.2 Å². The summed E-state index contributed by atoms with van der Waals surface area (Å²) in [5, 5.41) is 3.34. The Bertz CT molecular complexity index is 448. The summed E-state index contributed by atoms with van der Waals surface area (Å²) in [5.41, 5.74) is 1.92. The van der Waals surface area contributed by atoms with E-state index in [1.807, 2.05) is 0 Å². The molecule has 3 rings (SSSR count). The SMILES string of the molecule is CC1Cc2c(nc(C3CC3)[nH]c2=O)CN1. The lowest BCUT2D eigenvalue weighted by Gasteiger charge is -2.21. The number of H-pyrrole nitrogens is 1. The monoisotopic (exact) mass is 205 g/mol. The Hall–Kier alpha value is -1.16. The van der Waals surface area contributed by atoms with Gasteiger partial charge >= 0.3 is 0 Å². The summed E-state index contributed by atoms with van der Waals surface area (Å²) in [6.45, 7) is 2.83. The first kappa shape index (κ1) is 9.09. The summed E-state index contributed by atoms with van der Waals surface area (Å²) < 4.78 is 0. The van der Waals surface area contributed by atoms with Gasteiger partial charge in [-0.05, 0) is 26.2 Å². The van der Waals surface area contributed by atoms with Crippen molar-refractivity contribution < 1.29 is 0 Å². The molecule has 1 fully saturated rings. The van der Waals surface area contributed by atoms with Crippen LogP contribution in [0.3, 0.4) is 0 Å². The van der Waals surface area contributed by atoms with E-state index in [0.717, 1.165) is 30.0 Å². The number of fused-ring (bicyclic) bond motifs is 1. The molecule has 2 N–H and O–H groups in total. The summed E-state index contributed by atoms with van der Waals surface area (Å²) in [7, 11) is 0. The number of aromatic amines is 1. The molecule has 0 radical (unpaired) electrons. The van der Waals surface area contributed by atoms with E-state index in [1.54, 1.807) is 0 Å². The van der Waals surface area contributed by atoms with Crippen molar-refractivity contribution in [2.75, 3.05) is 0 Å². The van der Waals surface area contributed by atoms with Gasteiger partial charge in [-0.15, -0.1) is 0 Å². The highest BCUT2D eigenvalue weighted by molar-refractivity contribution is 5.23. The Morgan fingerprint density at radius 1 is 1.40 bits per heavy atom. The second-order valence-corrected chi connectivity index (χ2v) is 4.64. The minimum Gasteiger partial charge on any atom is -0.310 e. The van der Waals surface area contributed by atoms with E-state index in [1.165, 1.54) is 12.8 Å². The summed E-state index contributed by atoms with van der Waals surface area (Å²) in [5.74, 6) is 1.41. The van der Waals surface area contributed by atoms with Crippen molar-refractivity contribution in [3.63, 3.8) is 0 Å². The number of aromatic nitrogens is 2. The summed E-state index contributed by atoms with van der Waals surface area (Å²) >= 11 is 0. The lowest BCUT2D eigenvalue weighted by atomic mass is 10.0. The van der Waals surface area contributed by atoms with Crippen LogP contribution in [0.15, 0.2) is 4.79 Å². The van der Waals surface area contributed by atoms with Crippen molar-refractivity contribution in [2.24, 2.45) is 0 Å². The molecule has 0 amide bonds. The van der Waals surface area contributed by atoms with Crippen molar-refractivity contribution >= 4 is 0 Å². The van der Waals surface area contributed by atoms with Crippen LogP contribution >= 0.6 is 0 Å². The van der Waals surface area contributed by atoms with Crippen molar-refractivity contribution in [2.45, 2.75) is 44.7 Å². The van der Waals surface area contributed by atoms with Crippen LogP contribution in [0.2, 0.25) is 0 Å². The minimum absolute atomic E-state index is 0.0789. The van der Waals surface area contributed by atoms with Crippen LogP contribution in [0.1, 0.15) is 42.8 Å². The standard InChI is InChI=1S/C11H15N3O/c1-6-4-8-9(5-12-6)13-10(7-2-3-7)14-11(8)15/h6-7,12H,2-5H2,1H3,(H,13,14,15). The molecule has 2 heterocycles. The first-order valence-corrected chi connectivity index (χ1v) is 5.59. The largest absolute Gasteiger partial charge is 0.310 e. The second kappa shape index (κ2) is 3.17. The molecule has 1 unspecified atom stereocenters. The zero-order chi connectivity index (χ0) is 10.4. The normalized spacial score (nSPS) is 25.0. The lowest BCUT2D eigenvalue weighted by Crippen LogP contribution is -2.38. The molecular formula is C11H15N3O. The van der Waals surface area contributed by atoms with Gasteiger partial charge in [-0.3, -0.25) is 4.79 Å². The molecule has 1 atom stereocenters. The Morgan fingerprint density at radius 2 is 2.20 bits per heavy atom. The average molecular weight is 205 g/mol. The van der Waals surface area contributed by atoms with E-state index in [4.69, 9.17) is 0 Å². The maximum absolute atomic E-state index is 11.8. The van der Waals surface area contributed by atoms with Gasteiger partial charge in [-0.1, -0.05) is 0 Å². The highest BCUT2D eigenvalue weighted by Gasteiger charge is 2.28. The van der Waals surface area contributed by atoms with Crippen LogP contribution < -0.4 is 10.9 Å². The molecular weight excluding hydrogens is 190 g/mol. The Kier molecular flexibility index (Phi) is 1.92. The highest BCUT2D eigenvalue weighted by atomic mass is 16.1. The highest BCUT2D eigenvalue weighted by Crippen LogP contribution is 2.37. The quantitative estimate of drug-likeness (QED) is 0.709. The molecule has 0 bridgehead atoms. The zero-order valence-electron chi connectivity index (χ0n) is 8.84. The number of nitrogens with one attached hydrogen (secondary N) is 2. The third kappa shape index (κ3) is 1.59. The van der Waals surface area contributed by atoms with Crippen LogP contribution in [0, 0.1) is 0 Å². The van der Waals surface area contributed by atoms with E-state index >= 15 is 0 Å². The van der Waals surface area contributed by atoms with Gasteiger partial charge in [0.05, 0.1) is 5.69 Å². The van der Waals surface area contributed by atoms with Crippen LogP contribution in [-0.2, 0) is 13.0 Å². The third-order valence-electron chi connectivity index (χ3n) is 3.21. The molecule has 1 aliphatic carbocycles. The lowest BCUT2D eigenvalue weighted by molar-refractivity contribution is 0.497. The van der Waals surface area contributed by atoms with Gasteiger partial charge in [-0.25, -0.2) is 4.98 Å². The molecule has 0 spiro atoms. The van der Waals surface area contributed by atoms with Gasteiger partial charge in [0.25, 0.3) is 5.56 Å². The van der Waals surface area contributed by atoms with Gasteiger partial charge in [-0.2, -0.15) is 0 Å². The fourth-order valence-corrected chi connectivity index (χ4v) is 2.12. The van der Waals surface area contributed by atoms with Crippen molar-refractivity contribution in [3.05, 3.63) is 27.4 Å². The molecule has 0 aromatic carbocycles. The Balaban J connectivity index is 2.06. The Morgan fingerprint density at radius 3 is 2.93 bits per heavy atom. The number of rotatable bonds is 1. The Labute approximate surface area is 88.1 Å². The van der Waals surface area contributed by atoms with Gasteiger partial charge in [0.1, 0.15) is 5.82 Å². The topological polar surface area (TPSA) is 57.8 Å². The number of hydrogen-bond donors (Lipinski definition) is 2. The van der Waals surface area contributed by atoms with Crippen molar-refractivity contribution in [1.82, 2.24) is 15.3 Å². The van der Waals surface area contributed by atoms with E-state index in [0.29, 0.717) is 12.0 Å². The zero-order valence-corrected chi connectivity index (χ0v) is 8.84. The smallest absolute Gasteiger partial charge is 0.254 e.